The number of aromatic amines is 1. The predicted octanol–water partition coefficient (Wildman–Crippen LogP) is 1.60. The van der Waals surface area contributed by atoms with Crippen LogP contribution in [0.15, 0.2) is 35.4 Å². The lowest BCUT2D eigenvalue weighted by molar-refractivity contribution is 0.0691. The number of aromatic carboxylic acids is 1. The van der Waals surface area contributed by atoms with Crippen molar-refractivity contribution in [1.82, 2.24) is 4.98 Å². The number of carboxylic acids is 1. The van der Waals surface area contributed by atoms with Gasteiger partial charge in [-0.25, -0.2) is 13.6 Å². The molecule has 0 aliphatic rings. The summed E-state index contributed by atoms with van der Waals surface area (Å²) < 4.78 is 26.8. The van der Waals surface area contributed by atoms with Gasteiger partial charge in [0.2, 0.25) is 0 Å². The van der Waals surface area contributed by atoms with Crippen LogP contribution in [0.25, 0.3) is 0 Å². The van der Waals surface area contributed by atoms with Crippen LogP contribution in [0, 0.1) is 11.6 Å². The lowest BCUT2D eigenvalue weighted by Gasteiger charge is -2.07. The van der Waals surface area contributed by atoms with Gasteiger partial charge in [-0.1, -0.05) is 0 Å². The fourth-order valence-electron chi connectivity index (χ4n) is 1.59. The summed E-state index contributed by atoms with van der Waals surface area (Å²) in [6, 6.07) is 2.08. The minimum absolute atomic E-state index is 0.293. The normalized spacial score (nSPS) is 10.2. The van der Waals surface area contributed by atoms with E-state index in [1.54, 1.807) is 0 Å². The maximum atomic E-state index is 13.5. The highest BCUT2D eigenvalue weighted by atomic mass is 19.1. The van der Waals surface area contributed by atoms with E-state index in [1.807, 2.05) is 5.32 Å². The van der Waals surface area contributed by atoms with E-state index in [-0.39, 0.29) is 5.56 Å². The second-order valence-electron chi connectivity index (χ2n) is 3.99. The molecule has 3 N–H and O–H groups in total. The van der Waals surface area contributed by atoms with Gasteiger partial charge in [-0.2, -0.15) is 0 Å². The molecule has 2 rings (SSSR count). The molecular weight excluding hydrogens is 286 g/mol. The first-order chi connectivity index (χ1) is 9.90. The fraction of sp³-hybridized carbons (Fsp3) is 0. The van der Waals surface area contributed by atoms with Crippen molar-refractivity contribution in [2.45, 2.75) is 0 Å². The first-order valence-corrected chi connectivity index (χ1v) is 5.61. The largest absolute Gasteiger partial charge is 0.478 e. The second kappa shape index (κ2) is 5.53. The number of carbonyl (C=O) groups excluding carboxylic acids is 1. The molecule has 1 aromatic carbocycles. The summed E-state index contributed by atoms with van der Waals surface area (Å²) in [4.78, 5) is 36.5. The monoisotopic (exact) mass is 294 g/mol. The Morgan fingerprint density at radius 2 is 1.86 bits per heavy atom. The van der Waals surface area contributed by atoms with Crippen molar-refractivity contribution >= 4 is 17.6 Å². The lowest BCUT2D eigenvalue weighted by atomic mass is 10.1. The molecule has 0 radical (unpaired) electrons. The number of pyridine rings is 1. The zero-order valence-corrected chi connectivity index (χ0v) is 10.3. The highest BCUT2D eigenvalue weighted by Crippen LogP contribution is 2.20. The molecule has 6 nitrogen and oxygen atoms in total. The average Bonchev–Trinajstić information content (AvgIpc) is 2.41. The minimum atomic E-state index is -1.61. The fourth-order valence-corrected chi connectivity index (χ4v) is 1.59. The van der Waals surface area contributed by atoms with Gasteiger partial charge in [0.1, 0.15) is 17.2 Å². The van der Waals surface area contributed by atoms with Crippen molar-refractivity contribution < 1.29 is 23.5 Å². The van der Waals surface area contributed by atoms with Gasteiger partial charge in [-0.15, -0.1) is 0 Å². The Kier molecular flexibility index (Phi) is 3.79. The van der Waals surface area contributed by atoms with Crippen LogP contribution < -0.4 is 10.7 Å². The van der Waals surface area contributed by atoms with Crippen LogP contribution in [-0.2, 0) is 0 Å². The van der Waals surface area contributed by atoms with E-state index in [4.69, 9.17) is 5.11 Å². The van der Waals surface area contributed by atoms with Gasteiger partial charge < -0.3 is 15.4 Å². The number of benzene rings is 1. The Morgan fingerprint density at radius 3 is 2.48 bits per heavy atom. The zero-order valence-electron chi connectivity index (χ0n) is 10.3. The number of halogens is 2. The number of carbonyl (C=O) groups is 2. The number of amides is 1. The Morgan fingerprint density at radius 1 is 1.14 bits per heavy atom. The summed E-state index contributed by atoms with van der Waals surface area (Å²) in [6.07, 6.45) is 2.41. The Balaban J connectivity index is 2.38. The molecule has 0 aliphatic carbocycles. The predicted molar refractivity (Wildman–Crippen MR) is 68.3 cm³/mol. The lowest BCUT2D eigenvalue weighted by Crippen LogP contribution is -2.21. The smallest absolute Gasteiger partial charge is 0.338 e. The highest BCUT2D eigenvalue weighted by molar-refractivity contribution is 6.04. The van der Waals surface area contributed by atoms with Gasteiger partial charge in [-0.3, -0.25) is 9.59 Å². The molecule has 2 aromatic rings. The third-order valence-electron chi connectivity index (χ3n) is 2.60. The van der Waals surface area contributed by atoms with Gasteiger partial charge in [-0.05, 0) is 6.07 Å². The molecular formula is C13H8F2N2O4. The first kappa shape index (κ1) is 14.4. The van der Waals surface area contributed by atoms with Crippen molar-refractivity contribution in [1.29, 1.82) is 0 Å². The summed E-state index contributed by atoms with van der Waals surface area (Å²) in [7, 11) is 0. The number of aromatic nitrogens is 1. The van der Waals surface area contributed by atoms with E-state index in [0.717, 1.165) is 12.3 Å². The Hall–Kier alpha value is -3.03. The molecule has 1 aromatic heterocycles. The molecule has 21 heavy (non-hydrogen) atoms. The number of hydrogen-bond donors (Lipinski definition) is 3. The van der Waals surface area contributed by atoms with Crippen molar-refractivity contribution in [3.8, 4) is 0 Å². The summed E-state index contributed by atoms with van der Waals surface area (Å²) in [6.45, 7) is 0. The molecule has 0 spiro atoms. The van der Waals surface area contributed by atoms with Gasteiger partial charge in [0.15, 0.2) is 5.43 Å². The number of carboxylic acid groups (broad SMARTS) is 1. The van der Waals surface area contributed by atoms with E-state index in [9.17, 15) is 23.2 Å². The van der Waals surface area contributed by atoms with Crippen LogP contribution >= 0.6 is 0 Å². The van der Waals surface area contributed by atoms with Crippen LogP contribution in [0.2, 0.25) is 0 Å². The summed E-state index contributed by atoms with van der Waals surface area (Å²) in [5.74, 6) is -4.98. The molecule has 108 valence electrons. The first-order valence-electron chi connectivity index (χ1n) is 5.61. The maximum Gasteiger partial charge on any atom is 0.338 e. The standard InChI is InChI=1S/C13H8F2N2O4/c14-8-4-9(15)10(3-6(8)13(20)21)17-12(19)7-5-16-2-1-11(7)18/h1-5H,(H,16,18)(H,17,19)(H,20,21). The Labute approximate surface area is 116 Å². The molecule has 0 unspecified atom stereocenters. The molecule has 0 aliphatic heterocycles. The van der Waals surface area contributed by atoms with E-state index >= 15 is 0 Å². The van der Waals surface area contributed by atoms with Crippen LogP contribution in [-0.4, -0.2) is 22.0 Å². The molecule has 0 saturated carbocycles. The van der Waals surface area contributed by atoms with Crippen LogP contribution in [0.3, 0.4) is 0 Å². The Bertz CT molecular complexity index is 786. The van der Waals surface area contributed by atoms with E-state index in [1.165, 1.54) is 6.20 Å². The van der Waals surface area contributed by atoms with Crippen molar-refractivity contribution in [2.24, 2.45) is 0 Å². The van der Waals surface area contributed by atoms with Crippen molar-refractivity contribution in [3.05, 3.63) is 63.6 Å². The van der Waals surface area contributed by atoms with Gasteiger partial charge >= 0.3 is 5.97 Å². The van der Waals surface area contributed by atoms with Gasteiger partial charge in [0, 0.05) is 24.5 Å². The van der Waals surface area contributed by atoms with Gasteiger partial charge in [0.05, 0.1) is 11.3 Å². The second-order valence-corrected chi connectivity index (χ2v) is 3.99. The van der Waals surface area contributed by atoms with Crippen LogP contribution in [0.5, 0.6) is 0 Å². The number of rotatable bonds is 3. The molecule has 0 atom stereocenters. The number of H-pyrrole nitrogens is 1. The van der Waals surface area contributed by atoms with E-state index < -0.39 is 40.2 Å². The summed E-state index contributed by atoms with van der Waals surface area (Å²) in [5.41, 5.74) is -2.24. The van der Waals surface area contributed by atoms with E-state index in [0.29, 0.717) is 12.1 Å². The third kappa shape index (κ3) is 2.94. The topological polar surface area (TPSA) is 99.3 Å². The quantitative estimate of drug-likeness (QED) is 0.800. The number of anilines is 1. The molecule has 8 heteroatoms. The number of nitrogens with one attached hydrogen (secondary N) is 2. The maximum absolute atomic E-state index is 13.5. The molecule has 1 amide bonds. The van der Waals surface area contributed by atoms with E-state index in [2.05, 4.69) is 4.98 Å². The molecule has 1 heterocycles. The number of hydrogen-bond acceptors (Lipinski definition) is 3. The van der Waals surface area contributed by atoms with Gasteiger partial charge in [0.25, 0.3) is 5.91 Å². The highest BCUT2D eigenvalue weighted by Gasteiger charge is 2.18. The van der Waals surface area contributed by atoms with Crippen molar-refractivity contribution in [3.63, 3.8) is 0 Å². The third-order valence-corrected chi connectivity index (χ3v) is 2.60. The molecule has 0 saturated heterocycles. The van der Waals surface area contributed by atoms with Crippen LogP contribution in [0.1, 0.15) is 20.7 Å². The minimum Gasteiger partial charge on any atom is -0.478 e. The molecule has 0 fully saturated rings. The molecule has 0 bridgehead atoms. The summed E-state index contributed by atoms with van der Waals surface area (Å²) in [5, 5.41) is 10.8. The van der Waals surface area contributed by atoms with Crippen LogP contribution in [0.4, 0.5) is 14.5 Å². The van der Waals surface area contributed by atoms with Crippen molar-refractivity contribution in [2.75, 3.05) is 5.32 Å². The SMILES string of the molecule is O=C(O)c1cc(NC(=O)c2c[nH]ccc2=O)c(F)cc1F. The average molecular weight is 294 g/mol. The summed E-state index contributed by atoms with van der Waals surface area (Å²) >= 11 is 0. The zero-order chi connectivity index (χ0) is 15.6.